The summed E-state index contributed by atoms with van der Waals surface area (Å²) in [6.07, 6.45) is -0.476. The molecule has 0 heterocycles. The number of thioether (sulfide) groups is 1. The van der Waals surface area contributed by atoms with E-state index < -0.39 is 73.0 Å². The summed E-state index contributed by atoms with van der Waals surface area (Å²) in [6, 6.07) is -5.81. The standard InChI is InChI=1S/C16H28N4O9S/c1-7(22)12(15(27)19-10(16(28)29)5-11(23)24)20-14(26)9(3-4-30-2)18-13(25)8(17)6-21/h7-10,12,21-22H,3-6,17H2,1-2H3,(H,18,25)(H,19,27)(H,20,26)(H,23,24)(H,28,29). The van der Waals surface area contributed by atoms with Crippen LogP contribution < -0.4 is 21.7 Å². The van der Waals surface area contributed by atoms with Gasteiger partial charge in [-0.25, -0.2) is 4.79 Å². The Labute approximate surface area is 176 Å². The maximum absolute atomic E-state index is 12.6. The van der Waals surface area contributed by atoms with E-state index in [0.717, 1.165) is 6.92 Å². The molecular weight excluding hydrogens is 424 g/mol. The molecule has 0 fully saturated rings. The third-order valence-corrected chi connectivity index (χ3v) is 4.48. The molecule has 3 amide bonds. The Morgan fingerprint density at radius 3 is 1.97 bits per heavy atom. The third-order valence-electron chi connectivity index (χ3n) is 3.83. The van der Waals surface area contributed by atoms with Crippen molar-refractivity contribution in [1.29, 1.82) is 0 Å². The summed E-state index contributed by atoms with van der Waals surface area (Å²) >= 11 is 1.38. The molecule has 0 radical (unpaired) electrons. The zero-order valence-electron chi connectivity index (χ0n) is 16.5. The van der Waals surface area contributed by atoms with Gasteiger partial charge in [-0.15, -0.1) is 0 Å². The Morgan fingerprint density at radius 1 is 0.967 bits per heavy atom. The van der Waals surface area contributed by atoms with E-state index >= 15 is 0 Å². The molecule has 0 aliphatic carbocycles. The van der Waals surface area contributed by atoms with E-state index in [-0.39, 0.29) is 6.42 Å². The van der Waals surface area contributed by atoms with Crippen LogP contribution in [0.2, 0.25) is 0 Å². The molecule has 0 aromatic heterocycles. The van der Waals surface area contributed by atoms with E-state index in [0.29, 0.717) is 5.75 Å². The van der Waals surface area contributed by atoms with Crippen LogP contribution in [0.4, 0.5) is 0 Å². The Kier molecular flexibility index (Phi) is 12.6. The van der Waals surface area contributed by atoms with Crippen molar-refractivity contribution in [2.75, 3.05) is 18.6 Å². The number of nitrogens with two attached hydrogens (primary N) is 1. The van der Waals surface area contributed by atoms with Gasteiger partial charge in [0.1, 0.15) is 24.2 Å². The zero-order chi connectivity index (χ0) is 23.4. The molecule has 0 bridgehead atoms. The van der Waals surface area contributed by atoms with Crippen LogP contribution in [-0.4, -0.2) is 99.0 Å². The minimum absolute atomic E-state index is 0.141. The second-order valence-electron chi connectivity index (χ2n) is 6.36. The minimum atomic E-state index is -1.78. The van der Waals surface area contributed by atoms with Crippen molar-refractivity contribution in [2.24, 2.45) is 5.73 Å². The Balaban J connectivity index is 5.35. The van der Waals surface area contributed by atoms with Gasteiger partial charge >= 0.3 is 11.9 Å². The molecular formula is C16H28N4O9S. The topological polar surface area (TPSA) is 228 Å². The van der Waals surface area contributed by atoms with Crippen molar-refractivity contribution in [2.45, 2.75) is 50.0 Å². The lowest BCUT2D eigenvalue weighted by atomic mass is 10.1. The summed E-state index contributed by atoms with van der Waals surface area (Å²) in [7, 11) is 0. The third kappa shape index (κ3) is 9.87. The fourth-order valence-corrected chi connectivity index (χ4v) is 2.63. The molecule has 0 aliphatic heterocycles. The highest BCUT2D eigenvalue weighted by atomic mass is 32.2. The molecule has 0 rings (SSSR count). The van der Waals surface area contributed by atoms with Gasteiger partial charge in [0.25, 0.3) is 0 Å². The summed E-state index contributed by atoms with van der Waals surface area (Å²) in [5, 5.41) is 43.1. The maximum Gasteiger partial charge on any atom is 0.326 e. The van der Waals surface area contributed by atoms with Crippen molar-refractivity contribution < 1.29 is 44.4 Å². The quantitative estimate of drug-likeness (QED) is 0.129. The Hall–Kier alpha value is -2.42. The molecule has 0 spiro atoms. The number of carbonyl (C=O) groups is 5. The number of rotatable bonds is 14. The van der Waals surface area contributed by atoms with Gasteiger partial charge < -0.3 is 42.1 Å². The first-order valence-corrected chi connectivity index (χ1v) is 10.2. The van der Waals surface area contributed by atoms with Gasteiger partial charge in [0, 0.05) is 0 Å². The van der Waals surface area contributed by atoms with E-state index in [1.165, 1.54) is 11.8 Å². The number of hydrogen-bond donors (Lipinski definition) is 8. The number of amides is 3. The van der Waals surface area contributed by atoms with Crippen LogP contribution in [0.15, 0.2) is 0 Å². The number of aliphatic carboxylic acids is 2. The van der Waals surface area contributed by atoms with Crippen molar-refractivity contribution in [3.63, 3.8) is 0 Å². The first kappa shape index (κ1) is 27.6. The van der Waals surface area contributed by atoms with Crippen molar-refractivity contribution in [3.8, 4) is 0 Å². The largest absolute Gasteiger partial charge is 0.481 e. The van der Waals surface area contributed by atoms with E-state index in [1.807, 2.05) is 5.32 Å². The number of carboxylic acid groups (broad SMARTS) is 2. The monoisotopic (exact) mass is 452 g/mol. The summed E-state index contributed by atoms with van der Waals surface area (Å²) < 4.78 is 0. The number of hydrogen-bond acceptors (Lipinski definition) is 9. The number of aliphatic hydroxyl groups is 2. The summed E-state index contributed by atoms with van der Waals surface area (Å²) in [6.45, 7) is 0.510. The molecule has 5 unspecified atom stereocenters. The van der Waals surface area contributed by atoms with Gasteiger partial charge in [0.15, 0.2) is 0 Å². The highest BCUT2D eigenvalue weighted by Gasteiger charge is 2.33. The lowest BCUT2D eigenvalue weighted by molar-refractivity contribution is -0.148. The predicted octanol–water partition coefficient (Wildman–Crippen LogP) is -3.55. The van der Waals surface area contributed by atoms with E-state index in [1.54, 1.807) is 6.26 Å². The van der Waals surface area contributed by atoms with E-state index in [4.69, 9.17) is 21.1 Å². The second kappa shape index (κ2) is 13.7. The van der Waals surface area contributed by atoms with Crippen molar-refractivity contribution in [1.82, 2.24) is 16.0 Å². The van der Waals surface area contributed by atoms with Crippen molar-refractivity contribution >= 4 is 41.4 Å². The highest BCUT2D eigenvalue weighted by molar-refractivity contribution is 7.98. The average molecular weight is 452 g/mol. The normalized spacial score (nSPS) is 15.8. The summed E-state index contributed by atoms with van der Waals surface area (Å²) in [5.41, 5.74) is 5.41. The number of aliphatic hydroxyl groups excluding tert-OH is 2. The molecule has 0 aromatic carbocycles. The Morgan fingerprint density at radius 2 is 1.53 bits per heavy atom. The Bertz CT molecular complexity index is 632. The smallest absolute Gasteiger partial charge is 0.326 e. The molecule has 9 N–H and O–H groups in total. The molecule has 172 valence electrons. The van der Waals surface area contributed by atoms with E-state index in [2.05, 4.69) is 10.6 Å². The summed E-state index contributed by atoms with van der Waals surface area (Å²) in [4.78, 5) is 58.7. The van der Waals surface area contributed by atoms with Crippen LogP contribution in [0.3, 0.4) is 0 Å². The van der Waals surface area contributed by atoms with Crippen LogP contribution in [-0.2, 0) is 24.0 Å². The highest BCUT2D eigenvalue weighted by Crippen LogP contribution is 2.04. The molecule has 14 heteroatoms. The predicted molar refractivity (Wildman–Crippen MR) is 105 cm³/mol. The molecule has 5 atom stereocenters. The fourth-order valence-electron chi connectivity index (χ4n) is 2.16. The molecule has 0 aliphatic rings. The number of carbonyl (C=O) groups excluding carboxylic acids is 3. The minimum Gasteiger partial charge on any atom is -0.481 e. The lowest BCUT2D eigenvalue weighted by Crippen LogP contribution is -2.60. The zero-order valence-corrected chi connectivity index (χ0v) is 17.3. The lowest BCUT2D eigenvalue weighted by Gasteiger charge is -2.26. The van der Waals surface area contributed by atoms with Gasteiger partial charge in [-0.1, -0.05) is 0 Å². The number of carboxylic acids is 2. The molecule has 30 heavy (non-hydrogen) atoms. The molecule has 0 saturated carbocycles. The average Bonchev–Trinajstić information content (AvgIpc) is 2.66. The van der Waals surface area contributed by atoms with Crippen LogP contribution in [0.25, 0.3) is 0 Å². The van der Waals surface area contributed by atoms with Crippen molar-refractivity contribution in [3.05, 3.63) is 0 Å². The molecule has 0 aromatic rings. The molecule has 13 nitrogen and oxygen atoms in total. The number of nitrogens with one attached hydrogen (secondary N) is 3. The van der Waals surface area contributed by atoms with Crippen LogP contribution in [0.5, 0.6) is 0 Å². The first-order chi connectivity index (χ1) is 13.9. The summed E-state index contributed by atoms with van der Waals surface area (Å²) in [5.74, 6) is -5.41. The van der Waals surface area contributed by atoms with Gasteiger partial charge in [0.2, 0.25) is 17.7 Å². The fraction of sp³-hybridized carbons (Fsp3) is 0.688. The van der Waals surface area contributed by atoms with Gasteiger partial charge in [0.05, 0.1) is 19.1 Å². The SMILES string of the molecule is CSCCC(NC(=O)C(N)CO)C(=O)NC(C(=O)NC(CC(=O)O)C(=O)O)C(C)O. The maximum atomic E-state index is 12.6. The van der Waals surface area contributed by atoms with Crippen LogP contribution in [0.1, 0.15) is 19.8 Å². The molecule has 0 saturated heterocycles. The van der Waals surface area contributed by atoms with Crippen LogP contribution in [0, 0.1) is 0 Å². The second-order valence-corrected chi connectivity index (χ2v) is 7.34. The van der Waals surface area contributed by atoms with E-state index in [9.17, 15) is 29.1 Å². The van der Waals surface area contributed by atoms with Crippen LogP contribution >= 0.6 is 11.8 Å². The first-order valence-electron chi connectivity index (χ1n) is 8.83. The van der Waals surface area contributed by atoms with Gasteiger partial charge in [-0.2, -0.15) is 11.8 Å². The van der Waals surface area contributed by atoms with Gasteiger partial charge in [-0.3, -0.25) is 19.2 Å². The van der Waals surface area contributed by atoms with Gasteiger partial charge in [-0.05, 0) is 25.4 Å².